The second kappa shape index (κ2) is 4.12. The third-order valence-electron chi connectivity index (χ3n) is 3.77. The van der Waals surface area contributed by atoms with Crippen molar-refractivity contribution in [1.29, 1.82) is 0 Å². The Morgan fingerprint density at radius 3 is 2.84 bits per heavy atom. The summed E-state index contributed by atoms with van der Waals surface area (Å²) in [6.07, 6.45) is 3.47. The molecule has 1 aliphatic carbocycles. The molecule has 19 heavy (non-hydrogen) atoms. The van der Waals surface area contributed by atoms with Gasteiger partial charge in [-0.1, -0.05) is 11.2 Å². The van der Waals surface area contributed by atoms with Crippen molar-refractivity contribution in [3.05, 3.63) is 36.2 Å². The third-order valence-corrected chi connectivity index (χ3v) is 3.77. The van der Waals surface area contributed by atoms with Gasteiger partial charge in [-0.15, -0.1) is 0 Å². The Hall–Kier alpha value is -2.30. The fourth-order valence-corrected chi connectivity index (χ4v) is 2.49. The molecule has 0 bridgehead atoms. The largest absolute Gasteiger partial charge is 0.497 e. The Morgan fingerprint density at radius 2 is 2.21 bits per heavy atom. The minimum Gasteiger partial charge on any atom is -0.497 e. The van der Waals surface area contributed by atoms with E-state index in [0.717, 1.165) is 35.1 Å². The zero-order valence-electron chi connectivity index (χ0n) is 10.6. The van der Waals surface area contributed by atoms with Gasteiger partial charge in [0, 0.05) is 11.6 Å². The molecule has 98 valence electrons. The molecule has 0 atom stereocenters. The van der Waals surface area contributed by atoms with Gasteiger partial charge in [-0.3, -0.25) is 4.98 Å². The molecule has 2 aromatic rings. The third kappa shape index (κ3) is 1.69. The molecule has 0 aliphatic heterocycles. The van der Waals surface area contributed by atoms with Crippen LogP contribution < -0.4 is 10.5 Å². The van der Waals surface area contributed by atoms with E-state index in [9.17, 15) is 0 Å². The number of methoxy groups -OCH3 is 1. The maximum absolute atomic E-state index is 8.96. The van der Waals surface area contributed by atoms with Gasteiger partial charge >= 0.3 is 0 Å². The number of aromatic nitrogens is 1. The smallest absolute Gasteiger partial charge is 0.151 e. The lowest BCUT2D eigenvalue weighted by atomic mass is 9.95. The summed E-state index contributed by atoms with van der Waals surface area (Å²) in [5.41, 5.74) is 6.28. The molecule has 1 fully saturated rings. The van der Waals surface area contributed by atoms with Crippen LogP contribution in [0.3, 0.4) is 0 Å². The highest BCUT2D eigenvalue weighted by Crippen LogP contribution is 2.49. The molecular weight excluding hydrogens is 242 g/mol. The van der Waals surface area contributed by atoms with Crippen molar-refractivity contribution >= 4 is 16.6 Å². The first-order valence-corrected chi connectivity index (χ1v) is 6.12. The summed E-state index contributed by atoms with van der Waals surface area (Å²) in [7, 11) is 1.63. The lowest BCUT2D eigenvalue weighted by Gasteiger charge is -2.15. The van der Waals surface area contributed by atoms with E-state index in [4.69, 9.17) is 15.7 Å². The number of pyridine rings is 1. The van der Waals surface area contributed by atoms with Crippen molar-refractivity contribution in [2.75, 3.05) is 7.11 Å². The standard InChI is InChI=1S/C14H15N3O2/c1-19-10-3-2-9-4-7-16-12(11(9)8-10)14(5-6-14)13(15)17-18/h2-4,7-8,18H,5-6H2,1H3,(H2,15,17). The number of amidine groups is 1. The highest BCUT2D eigenvalue weighted by atomic mass is 16.5. The molecule has 1 heterocycles. The highest BCUT2D eigenvalue weighted by molar-refractivity contribution is 5.99. The Morgan fingerprint density at radius 1 is 1.42 bits per heavy atom. The SMILES string of the molecule is COc1ccc2ccnc(C3(/C(N)=N\O)CC3)c2c1. The minimum atomic E-state index is -0.416. The van der Waals surface area contributed by atoms with Crippen LogP contribution in [0, 0.1) is 0 Å². The van der Waals surface area contributed by atoms with Gasteiger partial charge in [-0.05, 0) is 36.4 Å². The Bertz CT molecular complexity index is 663. The van der Waals surface area contributed by atoms with E-state index in [1.54, 1.807) is 13.3 Å². The van der Waals surface area contributed by atoms with Gasteiger partial charge in [-0.2, -0.15) is 0 Å². The maximum atomic E-state index is 8.96. The highest BCUT2D eigenvalue weighted by Gasteiger charge is 2.51. The monoisotopic (exact) mass is 257 g/mol. The van der Waals surface area contributed by atoms with E-state index in [1.165, 1.54) is 0 Å². The van der Waals surface area contributed by atoms with Crippen molar-refractivity contribution in [2.45, 2.75) is 18.3 Å². The first-order chi connectivity index (χ1) is 9.21. The molecule has 1 saturated carbocycles. The van der Waals surface area contributed by atoms with Crippen LogP contribution in [0.2, 0.25) is 0 Å². The average Bonchev–Trinajstić information content (AvgIpc) is 3.26. The van der Waals surface area contributed by atoms with Gasteiger partial charge in [0.1, 0.15) is 5.75 Å². The van der Waals surface area contributed by atoms with E-state index in [-0.39, 0.29) is 5.84 Å². The summed E-state index contributed by atoms with van der Waals surface area (Å²) >= 11 is 0. The normalized spacial score (nSPS) is 17.4. The second-order valence-corrected chi connectivity index (χ2v) is 4.81. The van der Waals surface area contributed by atoms with Crippen LogP contribution in [-0.4, -0.2) is 23.1 Å². The summed E-state index contributed by atoms with van der Waals surface area (Å²) in [6, 6.07) is 7.79. The zero-order chi connectivity index (χ0) is 13.5. The minimum absolute atomic E-state index is 0.232. The number of fused-ring (bicyclic) bond motifs is 1. The number of ether oxygens (including phenoxy) is 1. The summed E-state index contributed by atoms with van der Waals surface area (Å²) in [4.78, 5) is 4.46. The summed E-state index contributed by atoms with van der Waals surface area (Å²) in [5, 5.41) is 14.2. The zero-order valence-corrected chi connectivity index (χ0v) is 10.6. The van der Waals surface area contributed by atoms with Crippen LogP contribution in [0.1, 0.15) is 18.5 Å². The lowest BCUT2D eigenvalue weighted by molar-refractivity contribution is 0.315. The predicted molar refractivity (Wildman–Crippen MR) is 72.6 cm³/mol. The van der Waals surface area contributed by atoms with E-state index < -0.39 is 5.41 Å². The summed E-state index contributed by atoms with van der Waals surface area (Å²) < 4.78 is 5.26. The number of benzene rings is 1. The molecule has 3 rings (SSSR count). The molecule has 0 spiro atoms. The topological polar surface area (TPSA) is 80.7 Å². The van der Waals surface area contributed by atoms with Gasteiger partial charge < -0.3 is 15.7 Å². The second-order valence-electron chi connectivity index (χ2n) is 4.81. The number of hydrogen-bond acceptors (Lipinski definition) is 4. The van der Waals surface area contributed by atoms with E-state index in [2.05, 4.69) is 10.1 Å². The Kier molecular flexibility index (Phi) is 2.55. The molecule has 1 aromatic carbocycles. The van der Waals surface area contributed by atoms with E-state index >= 15 is 0 Å². The summed E-state index contributed by atoms with van der Waals surface area (Å²) in [6.45, 7) is 0. The van der Waals surface area contributed by atoms with Crippen LogP contribution in [-0.2, 0) is 5.41 Å². The molecule has 1 aromatic heterocycles. The van der Waals surface area contributed by atoms with Gasteiger partial charge in [0.15, 0.2) is 5.84 Å². The molecule has 3 N–H and O–H groups in total. The van der Waals surface area contributed by atoms with Gasteiger partial charge in [0.2, 0.25) is 0 Å². The fourth-order valence-electron chi connectivity index (χ4n) is 2.49. The van der Waals surface area contributed by atoms with Crippen LogP contribution in [0.25, 0.3) is 10.8 Å². The van der Waals surface area contributed by atoms with Crippen LogP contribution >= 0.6 is 0 Å². The molecule has 0 saturated heterocycles. The molecule has 0 radical (unpaired) electrons. The molecule has 1 aliphatic rings. The Balaban J connectivity index is 2.24. The van der Waals surface area contributed by atoms with Crippen LogP contribution in [0.5, 0.6) is 5.75 Å². The average molecular weight is 257 g/mol. The molecule has 5 nitrogen and oxygen atoms in total. The van der Waals surface area contributed by atoms with Gasteiger partial charge in [0.25, 0.3) is 0 Å². The molecule has 0 unspecified atom stereocenters. The van der Waals surface area contributed by atoms with Crippen molar-refractivity contribution in [1.82, 2.24) is 4.98 Å². The molecular formula is C14H15N3O2. The van der Waals surface area contributed by atoms with Crippen molar-refractivity contribution < 1.29 is 9.94 Å². The van der Waals surface area contributed by atoms with Crippen molar-refractivity contribution in [3.63, 3.8) is 0 Å². The van der Waals surface area contributed by atoms with Crippen molar-refractivity contribution in [2.24, 2.45) is 10.9 Å². The van der Waals surface area contributed by atoms with E-state index in [1.807, 2.05) is 24.3 Å². The van der Waals surface area contributed by atoms with Crippen molar-refractivity contribution in [3.8, 4) is 5.75 Å². The number of hydrogen-bond donors (Lipinski definition) is 2. The quantitative estimate of drug-likeness (QED) is 0.381. The fraction of sp³-hybridized carbons (Fsp3) is 0.286. The van der Waals surface area contributed by atoms with Crippen LogP contribution in [0.4, 0.5) is 0 Å². The van der Waals surface area contributed by atoms with E-state index in [0.29, 0.717) is 0 Å². The number of nitrogens with zero attached hydrogens (tertiary/aromatic N) is 2. The summed E-state index contributed by atoms with van der Waals surface area (Å²) in [5.74, 6) is 1.01. The van der Waals surface area contributed by atoms with Crippen LogP contribution in [0.15, 0.2) is 35.6 Å². The number of rotatable bonds is 3. The molecule has 0 amide bonds. The first-order valence-electron chi connectivity index (χ1n) is 6.12. The number of nitrogens with two attached hydrogens (primary N) is 1. The number of oxime groups is 1. The Labute approximate surface area is 110 Å². The first kappa shape index (κ1) is 11.8. The van der Waals surface area contributed by atoms with Gasteiger partial charge in [-0.25, -0.2) is 0 Å². The molecule has 5 heteroatoms. The maximum Gasteiger partial charge on any atom is 0.151 e. The lowest BCUT2D eigenvalue weighted by Crippen LogP contribution is -2.30. The van der Waals surface area contributed by atoms with Gasteiger partial charge in [0.05, 0.1) is 18.2 Å². The predicted octanol–water partition coefficient (Wildman–Crippen LogP) is 2.02.